The van der Waals surface area contributed by atoms with E-state index in [9.17, 15) is 4.79 Å². The minimum atomic E-state index is 0.0588. The van der Waals surface area contributed by atoms with Gasteiger partial charge < -0.3 is 10.6 Å². The lowest BCUT2D eigenvalue weighted by atomic mass is 10.3. The summed E-state index contributed by atoms with van der Waals surface area (Å²) < 4.78 is 1.52. The van der Waals surface area contributed by atoms with Crippen molar-refractivity contribution in [3.8, 4) is 0 Å². The summed E-state index contributed by atoms with van der Waals surface area (Å²) in [5, 5.41) is 3.87. The summed E-state index contributed by atoms with van der Waals surface area (Å²) in [6.07, 6.45) is 3.85. The van der Waals surface area contributed by atoms with Crippen LogP contribution in [0.1, 0.15) is 6.42 Å². The molecule has 1 aromatic rings. The maximum atomic E-state index is 11.6. The Kier molecular flexibility index (Phi) is 2.45. The van der Waals surface area contributed by atoms with E-state index in [0.717, 1.165) is 13.0 Å². The lowest BCUT2D eigenvalue weighted by molar-refractivity contribution is -0.131. The first-order valence-corrected chi connectivity index (χ1v) is 4.61. The van der Waals surface area contributed by atoms with Gasteiger partial charge in [0.2, 0.25) is 5.91 Å². The van der Waals surface area contributed by atoms with Gasteiger partial charge in [0.05, 0.1) is 0 Å². The standard InChI is InChI=1S/C8H13N5O/c9-7-1-2-12(3-7)8(14)4-13-6-10-5-11-13/h5-7H,1-4,9H2/t7-/m0/s1. The molecule has 0 aliphatic carbocycles. The molecule has 0 aromatic carbocycles. The molecule has 0 bridgehead atoms. The van der Waals surface area contributed by atoms with E-state index in [2.05, 4.69) is 10.1 Å². The van der Waals surface area contributed by atoms with Gasteiger partial charge in [-0.1, -0.05) is 0 Å². The minimum Gasteiger partial charge on any atom is -0.339 e. The third kappa shape index (κ3) is 1.90. The van der Waals surface area contributed by atoms with E-state index in [-0.39, 0.29) is 18.5 Å². The predicted octanol–water partition coefficient (Wildman–Crippen LogP) is -1.16. The zero-order chi connectivity index (χ0) is 9.97. The van der Waals surface area contributed by atoms with Gasteiger partial charge in [-0.15, -0.1) is 0 Å². The summed E-state index contributed by atoms with van der Waals surface area (Å²) in [5.74, 6) is 0.0588. The number of nitrogens with two attached hydrogens (primary N) is 1. The lowest BCUT2D eigenvalue weighted by Crippen LogP contribution is -2.34. The first kappa shape index (κ1) is 9.14. The number of carbonyl (C=O) groups excluding carboxylic acids is 1. The molecule has 1 aliphatic rings. The summed E-state index contributed by atoms with van der Waals surface area (Å²) in [5.41, 5.74) is 5.71. The summed E-state index contributed by atoms with van der Waals surface area (Å²) >= 11 is 0. The predicted molar refractivity (Wildman–Crippen MR) is 49.2 cm³/mol. The Morgan fingerprint density at radius 1 is 1.64 bits per heavy atom. The molecule has 14 heavy (non-hydrogen) atoms. The third-order valence-corrected chi connectivity index (χ3v) is 2.34. The van der Waals surface area contributed by atoms with Crippen LogP contribution in [-0.2, 0) is 11.3 Å². The van der Waals surface area contributed by atoms with Crippen molar-refractivity contribution >= 4 is 5.91 Å². The van der Waals surface area contributed by atoms with Gasteiger partial charge in [-0.2, -0.15) is 5.10 Å². The van der Waals surface area contributed by atoms with E-state index in [1.807, 2.05) is 0 Å². The molecule has 76 valence electrons. The molecule has 0 unspecified atom stereocenters. The van der Waals surface area contributed by atoms with Crippen LogP contribution in [0.25, 0.3) is 0 Å². The summed E-state index contributed by atoms with van der Waals surface area (Å²) in [6.45, 7) is 1.68. The molecule has 1 saturated heterocycles. The lowest BCUT2D eigenvalue weighted by Gasteiger charge is -2.15. The normalized spacial score (nSPS) is 21.5. The van der Waals surface area contributed by atoms with E-state index in [0.29, 0.717) is 6.54 Å². The highest BCUT2D eigenvalue weighted by Gasteiger charge is 2.23. The highest BCUT2D eigenvalue weighted by atomic mass is 16.2. The Labute approximate surface area is 81.7 Å². The zero-order valence-electron chi connectivity index (χ0n) is 7.83. The smallest absolute Gasteiger partial charge is 0.244 e. The Balaban J connectivity index is 1.90. The van der Waals surface area contributed by atoms with E-state index < -0.39 is 0 Å². The van der Waals surface area contributed by atoms with Gasteiger partial charge in [0, 0.05) is 19.1 Å². The van der Waals surface area contributed by atoms with Crippen LogP contribution >= 0.6 is 0 Å². The molecule has 1 amide bonds. The topological polar surface area (TPSA) is 77.0 Å². The molecule has 1 atom stereocenters. The van der Waals surface area contributed by atoms with Crippen molar-refractivity contribution in [3.63, 3.8) is 0 Å². The molecule has 1 fully saturated rings. The van der Waals surface area contributed by atoms with Crippen LogP contribution in [0, 0.1) is 0 Å². The van der Waals surface area contributed by atoms with Crippen molar-refractivity contribution < 1.29 is 4.79 Å². The first-order chi connectivity index (χ1) is 6.75. The Hall–Kier alpha value is -1.43. The maximum Gasteiger partial charge on any atom is 0.244 e. The van der Waals surface area contributed by atoms with Crippen LogP contribution in [-0.4, -0.2) is 44.7 Å². The number of rotatable bonds is 2. The average Bonchev–Trinajstić information content (AvgIpc) is 2.75. The molecule has 1 aromatic heterocycles. The van der Waals surface area contributed by atoms with E-state index >= 15 is 0 Å². The van der Waals surface area contributed by atoms with Gasteiger partial charge in [-0.05, 0) is 6.42 Å². The van der Waals surface area contributed by atoms with Crippen molar-refractivity contribution in [1.29, 1.82) is 0 Å². The Bertz CT molecular complexity index is 310. The second kappa shape index (κ2) is 3.75. The van der Waals surface area contributed by atoms with Crippen molar-refractivity contribution in [2.75, 3.05) is 13.1 Å². The summed E-state index contributed by atoms with van der Waals surface area (Å²) in [6, 6.07) is 0.134. The number of amides is 1. The number of hydrogen-bond donors (Lipinski definition) is 1. The number of nitrogens with zero attached hydrogens (tertiary/aromatic N) is 4. The van der Waals surface area contributed by atoms with Gasteiger partial charge in [-0.3, -0.25) is 4.79 Å². The van der Waals surface area contributed by atoms with Crippen LogP contribution in [0.3, 0.4) is 0 Å². The molecular formula is C8H13N5O. The fourth-order valence-electron chi connectivity index (χ4n) is 1.57. The van der Waals surface area contributed by atoms with Crippen LogP contribution in [0.5, 0.6) is 0 Å². The van der Waals surface area contributed by atoms with E-state index in [4.69, 9.17) is 5.73 Å². The molecule has 2 N–H and O–H groups in total. The van der Waals surface area contributed by atoms with Gasteiger partial charge in [-0.25, -0.2) is 9.67 Å². The molecule has 2 rings (SSSR count). The SMILES string of the molecule is N[C@H]1CCN(C(=O)Cn2cncn2)C1. The van der Waals surface area contributed by atoms with Crippen molar-refractivity contribution in [2.24, 2.45) is 5.73 Å². The summed E-state index contributed by atoms with van der Waals surface area (Å²) in [7, 11) is 0. The molecule has 0 radical (unpaired) electrons. The van der Waals surface area contributed by atoms with Gasteiger partial charge in [0.1, 0.15) is 19.2 Å². The maximum absolute atomic E-state index is 11.6. The first-order valence-electron chi connectivity index (χ1n) is 4.61. The van der Waals surface area contributed by atoms with E-state index in [1.165, 1.54) is 17.3 Å². The van der Waals surface area contributed by atoms with Crippen molar-refractivity contribution in [2.45, 2.75) is 19.0 Å². The average molecular weight is 195 g/mol. The fourth-order valence-corrected chi connectivity index (χ4v) is 1.57. The van der Waals surface area contributed by atoms with Crippen LogP contribution in [0.2, 0.25) is 0 Å². The van der Waals surface area contributed by atoms with Crippen LogP contribution in [0.15, 0.2) is 12.7 Å². The third-order valence-electron chi connectivity index (χ3n) is 2.34. The minimum absolute atomic E-state index is 0.0588. The number of likely N-dealkylation sites (tertiary alicyclic amines) is 1. The van der Waals surface area contributed by atoms with Crippen molar-refractivity contribution in [1.82, 2.24) is 19.7 Å². The van der Waals surface area contributed by atoms with Crippen molar-refractivity contribution in [3.05, 3.63) is 12.7 Å². The molecule has 0 spiro atoms. The largest absolute Gasteiger partial charge is 0.339 e. The highest BCUT2D eigenvalue weighted by Crippen LogP contribution is 2.07. The van der Waals surface area contributed by atoms with Gasteiger partial charge in [0.15, 0.2) is 0 Å². The van der Waals surface area contributed by atoms with Gasteiger partial charge >= 0.3 is 0 Å². The van der Waals surface area contributed by atoms with Crippen LogP contribution in [0.4, 0.5) is 0 Å². The highest BCUT2D eigenvalue weighted by molar-refractivity contribution is 5.76. The number of hydrogen-bond acceptors (Lipinski definition) is 4. The molecule has 6 nitrogen and oxygen atoms in total. The molecule has 1 aliphatic heterocycles. The monoisotopic (exact) mass is 195 g/mol. The Morgan fingerprint density at radius 3 is 3.07 bits per heavy atom. The molecule has 2 heterocycles. The number of aromatic nitrogens is 3. The van der Waals surface area contributed by atoms with Crippen LogP contribution < -0.4 is 5.73 Å². The second-order valence-corrected chi connectivity index (χ2v) is 3.48. The quantitative estimate of drug-likeness (QED) is 0.645. The number of carbonyl (C=O) groups is 1. The van der Waals surface area contributed by atoms with E-state index in [1.54, 1.807) is 4.90 Å². The Morgan fingerprint density at radius 2 is 2.50 bits per heavy atom. The zero-order valence-corrected chi connectivity index (χ0v) is 7.83. The molecule has 0 saturated carbocycles. The fraction of sp³-hybridized carbons (Fsp3) is 0.625. The van der Waals surface area contributed by atoms with Gasteiger partial charge in [0.25, 0.3) is 0 Å². The molecular weight excluding hydrogens is 182 g/mol. The molecule has 6 heteroatoms. The summed E-state index contributed by atoms with van der Waals surface area (Å²) in [4.78, 5) is 17.2. The second-order valence-electron chi connectivity index (χ2n) is 3.48.